The maximum atomic E-state index is 11.6. The van der Waals surface area contributed by atoms with Crippen molar-refractivity contribution in [3.63, 3.8) is 0 Å². The lowest BCUT2D eigenvalue weighted by molar-refractivity contribution is -0.120. The maximum absolute atomic E-state index is 11.6. The van der Waals surface area contributed by atoms with Crippen molar-refractivity contribution >= 4 is 23.5 Å². The zero-order chi connectivity index (χ0) is 13.5. The summed E-state index contributed by atoms with van der Waals surface area (Å²) in [5.74, 6) is 0.590. The van der Waals surface area contributed by atoms with Crippen molar-refractivity contribution in [2.75, 3.05) is 7.11 Å². The average Bonchev–Trinajstić information content (AvgIpc) is 2.92. The van der Waals surface area contributed by atoms with Gasteiger partial charge in [0.2, 0.25) is 5.91 Å². The van der Waals surface area contributed by atoms with Crippen LogP contribution in [0.4, 0.5) is 0 Å². The molecule has 1 N–H and O–H groups in total. The summed E-state index contributed by atoms with van der Waals surface area (Å²) < 4.78 is 5.19. The van der Waals surface area contributed by atoms with Crippen LogP contribution < -0.4 is 10.2 Å². The van der Waals surface area contributed by atoms with E-state index in [0.29, 0.717) is 6.42 Å². The minimum Gasteiger partial charge on any atom is -0.496 e. The molecule has 1 heterocycles. The topological polar surface area (TPSA) is 50.7 Å². The number of amides is 1. The normalized spacial score (nSPS) is 10.6. The Morgan fingerprint density at radius 2 is 2.21 bits per heavy atom. The Morgan fingerprint density at radius 1 is 1.37 bits per heavy atom. The number of rotatable bonds is 5. The van der Waals surface area contributed by atoms with Crippen LogP contribution in [0.15, 0.2) is 46.9 Å². The summed E-state index contributed by atoms with van der Waals surface area (Å²) in [5.41, 5.74) is 3.32. The number of thiophene rings is 1. The highest BCUT2D eigenvalue weighted by atomic mass is 32.1. The van der Waals surface area contributed by atoms with Gasteiger partial charge in [-0.25, -0.2) is 5.43 Å². The third kappa shape index (κ3) is 3.93. The van der Waals surface area contributed by atoms with Crippen LogP contribution in [-0.4, -0.2) is 19.2 Å². The van der Waals surface area contributed by atoms with Gasteiger partial charge in [0.1, 0.15) is 5.75 Å². The van der Waals surface area contributed by atoms with Crippen molar-refractivity contribution in [1.82, 2.24) is 5.43 Å². The number of para-hydroxylation sites is 1. The highest BCUT2D eigenvalue weighted by Crippen LogP contribution is 2.14. The molecule has 4 nitrogen and oxygen atoms in total. The van der Waals surface area contributed by atoms with Gasteiger partial charge in [-0.2, -0.15) is 5.10 Å². The fraction of sp³-hybridized carbons (Fsp3) is 0.143. The molecule has 0 bridgehead atoms. The van der Waals surface area contributed by atoms with Gasteiger partial charge < -0.3 is 4.74 Å². The van der Waals surface area contributed by atoms with E-state index in [4.69, 9.17) is 4.74 Å². The first-order valence-corrected chi connectivity index (χ1v) is 6.65. The average molecular weight is 274 g/mol. The first kappa shape index (κ1) is 13.3. The van der Waals surface area contributed by atoms with Crippen molar-refractivity contribution < 1.29 is 9.53 Å². The quantitative estimate of drug-likeness (QED) is 0.672. The van der Waals surface area contributed by atoms with Gasteiger partial charge in [0, 0.05) is 10.4 Å². The summed E-state index contributed by atoms with van der Waals surface area (Å²) in [6.07, 6.45) is 1.92. The van der Waals surface area contributed by atoms with E-state index in [9.17, 15) is 4.79 Å². The van der Waals surface area contributed by atoms with Crippen LogP contribution in [0.5, 0.6) is 5.75 Å². The van der Waals surface area contributed by atoms with Gasteiger partial charge >= 0.3 is 0 Å². The molecule has 0 unspecified atom stereocenters. The van der Waals surface area contributed by atoms with Crippen LogP contribution in [0.3, 0.4) is 0 Å². The largest absolute Gasteiger partial charge is 0.496 e. The van der Waals surface area contributed by atoms with Gasteiger partial charge in [-0.3, -0.25) is 4.79 Å². The van der Waals surface area contributed by atoms with Gasteiger partial charge in [-0.1, -0.05) is 18.2 Å². The van der Waals surface area contributed by atoms with Crippen LogP contribution in [0.1, 0.15) is 10.4 Å². The second-order valence-corrected chi connectivity index (χ2v) is 4.82. The molecule has 19 heavy (non-hydrogen) atoms. The van der Waals surface area contributed by atoms with Gasteiger partial charge in [-0.05, 0) is 23.6 Å². The van der Waals surface area contributed by atoms with Crippen molar-refractivity contribution in [3.8, 4) is 5.75 Å². The molecule has 0 atom stereocenters. The van der Waals surface area contributed by atoms with E-state index < -0.39 is 0 Å². The maximum Gasteiger partial charge on any atom is 0.245 e. The number of nitrogens with zero attached hydrogens (tertiary/aromatic N) is 1. The van der Waals surface area contributed by atoms with Gasteiger partial charge in [0.05, 0.1) is 19.7 Å². The fourth-order valence-corrected chi connectivity index (χ4v) is 2.26. The van der Waals surface area contributed by atoms with Crippen LogP contribution in [0, 0.1) is 0 Å². The van der Waals surface area contributed by atoms with Crippen molar-refractivity contribution in [1.29, 1.82) is 0 Å². The number of methoxy groups -OCH3 is 1. The van der Waals surface area contributed by atoms with E-state index in [1.807, 2.05) is 41.8 Å². The summed E-state index contributed by atoms with van der Waals surface area (Å²) in [4.78, 5) is 12.6. The molecule has 0 aliphatic rings. The monoisotopic (exact) mass is 274 g/mol. The van der Waals surface area contributed by atoms with E-state index in [-0.39, 0.29) is 5.91 Å². The predicted molar refractivity (Wildman–Crippen MR) is 76.8 cm³/mol. The second-order valence-electron chi connectivity index (χ2n) is 3.79. The van der Waals surface area contributed by atoms with E-state index in [1.165, 1.54) is 0 Å². The molecule has 2 aromatic rings. The lowest BCUT2D eigenvalue weighted by Crippen LogP contribution is -2.19. The summed E-state index contributed by atoms with van der Waals surface area (Å²) in [6.45, 7) is 0. The molecule has 1 aromatic carbocycles. The van der Waals surface area contributed by atoms with Crippen molar-refractivity contribution in [3.05, 3.63) is 52.2 Å². The zero-order valence-electron chi connectivity index (χ0n) is 10.5. The molecule has 0 aliphatic heterocycles. The van der Waals surface area contributed by atoms with E-state index >= 15 is 0 Å². The van der Waals surface area contributed by atoms with E-state index in [1.54, 1.807) is 24.7 Å². The smallest absolute Gasteiger partial charge is 0.245 e. The van der Waals surface area contributed by atoms with Gasteiger partial charge in [0.15, 0.2) is 0 Å². The molecule has 0 saturated carbocycles. The molecule has 2 rings (SSSR count). The lowest BCUT2D eigenvalue weighted by Gasteiger charge is -2.03. The Morgan fingerprint density at radius 3 is 2.95 bits per heavy atom. The summed E-state index contributed by atoms with van der Waals surface area (Å²) in [7, 11) is 1.60. The molecule has 1 aromatic heterocycles. The van der Waals surface area contributed by atoms with Gasteiger partial charge in [0.25, 0.3) is 0 Å². The SMILES string of the molecule is COc1ccccc1/C=N/NC(=O)Cc1cccs1. The Bertz CT molecular complexity index is 565. The molecule has 1 amide bonds. The highest BCUT2D eigenvalue weighted by molar-refractivity contribution is 7.10. The summed E-state index contributed by atoms with van der Waals surface area (Å²) in [6, 6.07) is 11.3. The number of hydrogen-bond donors (Lipinski definition) is 1. The number of hydrazone groups is 1. The van der Waals surface area contributed by atoms with E-state index in [2.05, 4.69) is 10.5 Å². The lowest BCUT2D eigenvalue weighted by atomic mass is 10.2. The Kier molecular flexibility index (Phi) is 4.69. The van der Waals surface area contributed by atoms with Crippen LogP contribution >= 0.6 is 11.3 Å². The minimum absolute atomic E-state index is 0.131. The standard InChI is InChI=1S/C14H14N2O2S/c1-18-13-7-3-2-5-11(13)10-15-16-14(17)9-12-6-4-8-19-12/h2-8,10H,9H2,1H3,(H,16,17)/b15-10+. The Hall–Kier alpha value is -2.14. The number of nitrogens with one attached hydrogen (secondary N) is 1. The summed E-state index contributed by atoms with van der Waals surface area (Å²) in [5, 5.41) is 5.88. The predicted octanol–water partition coefficient (Wildman–Crippen LogP) is 2.45. The zero-order valence-corrected chi connectivity index (χ0v) is 11.3. The highest BCUT2D eigenvalue weighted by Gasteiger charge is 2.02. The number of carbonyl (C=O) groups excluding carboxylic acids is 1. The second kappa shape index (κ2) is 6.70. The molecule has 0 aliphatic carbocycles. The molecular weight excluding hydrogens is 260 g/mol. The minimum atomic E-state index is -0.131. The van der Waals surface area contributed by atoms with E-state index in [0.717, 1.165) is 16.2 Å². The summed E-state index contributed by atoms with van der Waals surface area (Å²) >= 11 is 1.55. The first-order valence-electron chi connectivity index (χ1n) is 5.77. The Labute approximate surface area is 115 Å². The molecular formula is C14H14N2O2S. The third-order valence-electron chi connectivity index (χ3n) is 2.45. The molecule has 0 spiro atoms. The molecule has 5 heteroatoms. The number of hydrogen-bond acceptors (Lipinski definition) is 4. The molecule has 0 fully saturated rings. The number of ether oxygens (including phenoxy) is 1. The molecule has 98 valence electrons. The molecule has 0 saturated heterocycles. The third-order valence-corrected chi connectivity index (χ3v) is 3.32. The molecule has 0 radical (unpaired) electrons. The first-order chi connectivity index (χ1) is 9.29. The number of carbonyl (C=O) groups is 1. The Balaban J connectivity index is 1.91. The van der Waals surface area contributed by atoms with Crippen LogP contribution in [0.2, 0.25) is 0 Å². The van der Waals surface area contributed by atoms with Crippen molar-refractivity contribution in [2.45, 2.75) is 6.42 Å². The number of benzene rings is 1. The van der Waals surface area contributed by atoms with Crippen LogP contribution in [0.25, 0.3) is 0 Å². The van der Waals surface area contributed by atoms with Gasteiger partial charge in [-0.15, -0.1) is 11.3 Å². The fourth-order valence-electron chi connectivity index (χ4n) is 1.56. The van der Waals surface area contributed by atoms with Crippen LogP contribution in [-0.2, 0) is 11.2 Å². The van der Waals surface area contributed by atoms with Crippen molar-refractivity contribution in [2.24, 2.45) is 5.10 Å².